The number of pyridine rings is 1. The third-order valence-electron chi connectivity index (χ3n) is 1.32. The molecule has 0 spiro atoms. The minimum atomic E-state index is 0.622. The van der Waals surface area contributed by atoms with Crippen LogP contribution in [0.4, 0.5) is 0 Å². The lowest BCUT2D eigenvalue weighted by molar-refractivity contribution is 1.03. The predicted molar refractivity (Wildman–Crippen MR) is 61.0 cm³/mol. The maximum Gasteiger partial charge on any atom is 0.101 e. The van der Waals surface area contributed by atoms with Gasteiger partial charge in [-0.15, -0.1) is 0 Å². The van der Waals surface area contributed by atoms with E-state index in [4.69, 9.17) is 5.26 Å². The van der Waals surface area contributed by atoms with Crippen molar-refractivity contribution in [3.05, 3.63) is 29.6 Å². The first kappa shape index (κ1) is 15.1. The molecule has 1 aromatic heterocycles. The normalized spacial score (nSPS) is 7.14. The summed E-state index contributed by atoms with van der Waals surface area (Å²) in [5.41, 5.74) is 1.65. The first-order valence-electron chi connectivity index (χ1n) is 5.22. The van der Waals surface area contributed by atoms with E-state index < -0.39 is 0 Å². The highest BCUT2D eigenvalue weighted by molar-refractivity contribution is 5.26. The van der Waals surface area contributed by atoms with Crippen molar-refractivity contribution in [2.45, 2.75) is 41.0 Å². The standard InChI is InChI=1S/C8H8N2.2C2H6/c1-2-8-4-3-7(5-9)6-10-8;2*1-2/h3-4,6H,2H2,1H3;2*1-2H3. The van der Waals surface area contributed by atoms with Gasteiger partial charge in [-0.1, -0.05) is 34.6 Å². The molecule has 2 nitrogen and oxygen atoms in total. The molecular formula is C12H20N2. The lowest BCUT2D eigenvalue weighted by Gasteiger charge is -1.92. The molecule has 0 saturated carbocycles. The Balaban J connectivity index is 0. The van der Waals surface area contributed by atoms with Gasteiger partial charge in [0.1, 0.15) is 6.07 Å². The molecule has 0 aliphatic carbocycles. The van der Waals surface area contributed by atoms with Crippen LogP contribution in [0.25, 0.3) is 0 Å². The van der Waals surface area contributed by atoms with Gasteiger partial charge < -0.3 is 0 Å². The second-order valence-electron chi connectivity index (χ2n) is 2.00. The number of hydrogen-bond donors (Lipinski definition) is 0. The fourth-order valence-corrected chi connectivity index (χ4v) is 0.700. The maximum atomic E-state index is 8.41. The van der Waals surface area contributed by atoms with E-state index in [0.29, 0.717) is 5.56 Å². The lowest BCUT2D eigenvalue weighted by atomic mass is 10.2. The molecule has 0 N–H and O–H groups in total. The molecule has 0 aromatic carbocycles. The van der Waals surface area contributed by atoms with Gasteiger partial charge in [-0.05, 0) is 18.6 Å². The second-order valence-corrected chi connectivity index (χ2v) is 2.00. The van der Waals surface area contributed by atoms with Crippen LogP contribution in [0, 0.1) is 11.3 Å². The largest absolute Gasteiger partial charge is 0.260 e. The summed E-state index contributed by atoms with van der Waals surface area (Å²) < 4.78 is 0. The van der Waals surface area contributed by atoms with Gasteiger partial charge >= 0.3 is 0 Å². The highest BCUT2D eigenvalue weighted by Crippen LogP contribution is 1.98. The average molecular weight is 192 g/mol. The van der Waals surface area contributed by atoms with Crippen molar-refractivity contribution in [2.24, 2.45) is 0 Å². The van der Waals surface area contributed by atoms with Crippen molar-refractivity contribution >= 4 is 0 Å². The molecule has 0 amide bonds. The molecule has 0 saturated heterocycles. The molecule has 1 rings (SSSR count). The quantitative estimate of drug-likeness (QED) is 0.682. The average Bonchev–Trinajstić information content (AvgIpc) is 2.34. The van der Waals surface area contributed by atoms with Crippen molar-refractivity contribution in [1.29, 1.82) is 5.26 Å². The molecule has 0 aliphatic rings. The Morgan fingerprint density at radius 2 is 1.79 bits per heavy atom. The molecule has 14 heavy (non-hydrogen) atoms. The molecule has 1 aromatic rings. The van der Waals surface area contributed by atoms with Crippen LogP contribution in [0.1, 0.15) is 45.9 Å². The molecule has 0 bridgehead atoms. The molecule has 1 heterocycles. The number of hydrogen-bond acceptors (Lipinski definition) is 2. The van der Waals surface area contributed by atoms with E-state index in [2.05, 4.69) is 4.98 Å². The van der Waals surface area contributed by atoms with E-state index in [-0.39, 0.29) is 0 Å². The molecule has 0 fully saturated rings. The Morgan fingerprint density at radius 1 is 1.21 bits per heavy atom. The summed E-state index contributed by atoms with van der Waals surface area (Å²) in [4.78, 5) is 4.05. The van der Waals surface area contributed by atoms with Crippen LogP contribution in [0.15, 0.2) is 18.3 Å². The second kappa shape index (κ2) is 11.6. The molecule has 0 atom stereocenters. The highest BCUT2D eigenvalue weighted by Gasteiger charge is 1.90. The molecule has 2 heteroatoms. The monoisotopic (exact) mass is 192 g/mol. The third kappa shape index (κ3) is 6.19. The van der Waals surface area contributed by atoms with Crippen molar-refractivity contribution < 1.29 is 0 Å². The van der Waals surface area contributed by atoms with Gasteiger partial charge in [0.2, 0.25) is 0 Å². The Hall–Kier alpha value is -1.36. The van der Waals surface area contributed by atoms with Crippen molar-refractivity contribution in [1.82, 2.24) is 4.98 Å². The molecule has 0 unspecified atom stereocenters. The van der Waals surface area contributed by atoms with E-state index >= 15 is 0 Å². The number of nitriles is 1. The van der Waals surface area contributed by atoms with Crippen LogP contribution in [0.3, 0.4) is 0 Å². The summed E-state index contributed by atoms with van der Waals surface area (Å²) in [6.45, 7) is 10.0. The zero-order valence-corrected chi connectivity index (χ0v) is 9.83. The van der Waals surface area contributed by atoms with Gasteiger partial charge in [0.05, 0.1) is 5.56 Å². The van der Waals surface area contributed by atoms with Crippen LogP contribution in [0.2, 0.25) is 0 Å². The topological polar surface area (TPSA) is 36.7 Å². The molecule has 78 valence electrons. The van der Waals surface area contributed by atoms with Crippen molar-refractivity contribution in [3.8, 4) is 6.07 Å². The van der Waals surface area contributed by atoms with E-state index in [1.165, 1.54) is 0 Å². The fourth-order valence-electron chi connectivity index (χ4n) is 0.700. The third-order valence-corrected chi connectivity index (χ3v) is 1.32. The molecule has 0 aliphatic heterocycles. The Morgan fingerprint density at radius 3 is 2.07 bits per heavy atom. The van der Waals surface area contributed by atoms with E-state index in [0.717, 1.165) is 12.1 Å². The van der Waals surface area contributed by atoms with Crippen molar-refractivity contribution in [2.75, 3.05) is 0 Å². The SMILES string of the molecule is CC.CC.CCc1ccc(C#N)cn1. The smallest absolute Gasteiger partial charge is 0.101 e. The Labute approximate surface area is 87.6 Å². The van der Waals surface area contributed by atoms with Gasteiger partial charge in [-0.2, -0.15) is 5.26 Å². The van der Waals surface area contributed by atoms with E-state index in [1.54, 1.807) is 12.3 Å². The van der Waals surface area contributed by atoms with Crippen LogP contribution in [-0.2, 0) is 6.42 Å². The van der Waals surface area contributed by atoms with Gasteiger partial charge in [0, 0.05) is 11.9 Å². The molecular weight excluding hydrogens is 172 g/mol. The minimum Gasteiger partial charge on any atom is -0.260 e. The van der Waals surface area contributed by atoms with Crippen molar-refractivity contribution in [3.63, 3.8) is 0 Å². The Kier molecular flexibility index (Phi) is 12.6. The minimum absolute atomic E-state index is 0.622. The highest BCUT2D eigenvalue weighted by atomic mass is 14.7. The van der Waals surface area contributed by atoms with E-state index in [9.17, 15) is 0 Å². The molecule has 0 radical (unpaired) electrons. The summed E-state index contributed by atoms with van der Waals surface area (Å²) in [5.74, 6) is 0. The number of nitrogens with zero attached hydrogens (tertiary/aromatic N) is 2. The number of aryl methyl sites for hydroxylation is 1. The van der Waals surface area contributed by atoms with Crippen LogP contribution < -0.4 is 0 Å². The number of rotatable bonds is 1. The number of aromatic nitrogens is 1. The first-order chi connectivity index (χ1) is 6.86. The predicted octanol–water partition coefficient (Wildman–Crippen LogP) is 3.57. The van der Waals surface area contributed by atoms with Crippen LogP contribution in [0.5, 0.6) is 0 Å². The fraction of sp³-hybridized carbons (Fsp3) is 0.500. The summed E-state index contributed by atoms with van der Waals surface area (Å²) in [5, 5.41) is 8.41. The van der Waals surface area contributed by atoms with Gasteiger partial charge in [-0.25, -0.2) is 0 Å². The zero-order valence-electron chi connectivity index (χ0n) is 9.83. The van der Waals surface area contributed by atoms with Gasteiger partial charge in [0.15, 0.2) is 0 Å². The van der Waals surface area contributed by atoms with Crippen LogP contribution in [-0.4, -0.2) is 4.98 Å². The maximum absolute atomic E-state index is 8.41. The Bertz CT molecular complexity index is 244. The zero-order chi connectivity index (χ0) is 11.4. The summed E-state index contributed by atoms with van der Waals surface area (Å²) in [6.07, 6.45) is 2.52. The summed E-state index contributed by atoms with van der Waals surface area (Å²) >= 11 is 0. The lowest BCUT2D eigenvalue weighted by Crippen LogP contribution is -1.85. The first-order valence-corrected chi connectivity index (χ1v) is 5.22. The van der Waals surface area contributed by atoms with Gasteiger partial charge in [-0.3, -0.25) is 4.98 Å². The summed E-state index contributed by atoms with van der Waals surface area (Å²) in [7, 11) is 0. The summed E-state index contributed by atoms with van der Waals surface area (Å²) in [6, 6.07) is 5.67. The van der Waals surface area contributed by atoms with Crippen LogP contribution >= 0.6 is 0 Å². The van der Waals surface area contributed by atoms with E-state index in [1.807, 2.05) is 46.8 Å². The van der Waals surface area contributed by atoms with Gasteiger partial charge in [0.25, 0.3) is 0 Å².